The molecule has 0 aliphatic heterocycles. The second kappa shape index (κ2) is 4.02. The van der Waals surface area contributed by atoms with E-state index < -0.39 is 10.0 Å². The van der Waals surface area contributed by atoms with E-state index in [1.165, 1.54) is 29.2 Å². The van der Waals surface area contributed by atoms with Crippen molar-refractivity contribution in [2.24, 2.45) is 5.14 Å². The maximum atomic E-state index is 11.4. The van der Waals surface area contributed by atoms with Crippen molar-refractivity contribution in [2.45, 2.75) is 4.90 Å². The van der Waals surface area contributed by atoms with E-state index in [9.17, 15) is 8.42 Å². The summed E-state index contributed by atoms with van der Waals surface area (Å²) in [5.41, 5.74) is 6.13. The second-order valence-electron chi connectivity index (χ2n) is 3.38. The summed E-state index contributed by atoms with van der Waals surface area (Å²) in [6.07, 6.45) is 2.87. The summed E-state index contributed by atoms with van der Waals surface area (Å²) in [6, 6.07) is 4.35. The van der Waals surface area contributed by atoms with Gasteiger partial charge >= 0.3 is 0 Å². The zero-order valence-corrected chi connectivity index (χ0v) is 10.1. The molecule has 1 heterocycles. The fourth-order valence-electron chi connectivity index (χ4n) is 1.38. The lowest BCUT2D eigenvalue weighted by Gasteiger charge is -2.08. The number of sulfonamides is 1. The molecule has 17 heavy (non-hydrogen) atoms. The van der Waals surface area contributed by atoms with E-state index in [1.807, 2.05) is 0 Å². The molecule has 2 aromatic rings. The molecule has 0 fully saturated rings. The summed E-state index contributed by atoms with van der Waals surface area (Å²) in [7, 11) is -3.88. The molecule has 0 atom stereocenters. The third-order valence-electron chi connectivity index (χ3n) is 2.09. The number of nitrogens with zero attached hydrogens (tertiary/aromatic N) is 2. The van der Waals surface area contributed by atoms with Gasteiger partial charge in [0.1, 0.15) is 4.90 Å². The first-order chi connectivity index (χ1) is 7.88. The van der Waals surface area contributed by atoms with Gasteiger partial charge in [-0.2, -0.15) is 5.10 Å². The second-order valence-corrected chi connectivity index (χ2v) is 5.34. The van der Waals surface area contributed by atoms with Crippen LogP contribution in [0.25, 0.3) is 5.69 Å². The predicted molar refractivity (Wildman–Crippen MR) is 64.4 cm³/mol. The van der Waals surface area contributed by atoms with E-state index in [4.69, 9.17) is 22.5 Å². The number of hydrogen-bond donors (Lipinski definition) is 2. The standard InChI is InChI=1S/C9H9ClN4O2S/c10-6-4-13-14(5-6)8-2-1-7(11)3-9(8)17(12,15)16/h1-5H,11H2,(H2,12,15,16). The minimum absolute atomic E-state index is 0.0998. The first kappa shape index (κ1) is 11.9. The number of primary sulfonamides is 1. The number of halogens is 1. The van der Waals surface area contributed by atoms with Gasteiger partial charge in [0.25, 0.3) is 0 Å². The van der Waals surface area contributed by atoms with Crippen LogP contribution in [0.15, 0.2) is 35.5 Å². The Hall–Kier alpha value is -1.57. The van der Waals surface area contributed by atoms with Crippen molar-refractivity contribution < 1.29 is 8.42 Å². The van der Waals surface area contributed by atoms with Crippen LogP contribution in [0.4, 0.5) is 5.69 Å². The summed E-state index contributed by atoms with van der Waals surface area (Å²) in [5.74, 6) is 0. The van der Waals surface area contributed by atoms with E-state index in [1.54, 1.807) is 6.07 Å². The highest BCUT2D eigenvalue weighted by molar-refractivity contribution is 7.89. The minimum atomic E-state index is -3.88. The molecule has 0 unspecified atom stereocenters. The van der Waals surface area contributed by atoms with Crippen molar-refractivity contribution in [3.63, 3.8) is 0 Å². The average molecular weight is 273 g/mol. The molecule has 6 nitrogen and oxygen atoms in total. The first-order valence-corrected chi connectivity index (χ1v) is 6.43. The number of rotatable bonds is 2. The Morgan fingerprint density at radius 3 is 2.59 bits per heavy atom. The summed E-state index contributed by atoms with van der Waals surface area (Å²) >= 11 is 5.72. The number of hydrogen-bond acceptors (Lipinski definition) is 4. The van der Waals surface area contributed by atoms with E-state index in [0.717, 1.165) is 0 Å². The SMILES string of the molecule is Nc1ccc(-n2cc(Cl)cn2)c(S(N)(=O)=O)c1. The maximum Gasteiger partial charge on any atom is 0.240 e. The Balaban J connectivity index is 2.70. The fourth-order valence-corrected chi connectivity index (χ4v) is 2.27. The highest BCUT2D eigenvalue weighted by atomic mass is 35.5. The molecule has 1 aromatic carbocycles. The van der Waals surface area contributed by atoms with Gasteiger partial charge in [0.2, 0.25) is 10.0 Å². The number of benzene rings is 1. The molecule has 0 saturated carbocycles. The Kier molecular flexibility index (Phi) is 2.82. The van der Waals surface area contributed by atoms with Crippen molar-refractivity contribution in [3.8, 4) is 5.69 Å². The lowest BCUT2D eigenvalue weighted by Crippen LogP contribution is -2.16. The largest absolute Gasteiger partial charge is 0.399 e. The van der Waals surface area contributed by atoms with Gasteiger partial charge < -0.3 is 5.73 Å². The van der Waals surface area contributed by atoms with Crippen LogP contribution in [0.5, 0.6) is 0 Å². The van der Waals surface area contributed by atoms with Crippen molar-refractivity contribution >= 4 is 27.3 Å². The van der Waals surface area contributed by atoms with Crippen molar-refractivity contribution in [1.29, 1.82) is 0 Å². The smallest absolute Gasteiger partial charge is 0.240 e. The monoisotopic (exact) mass is 272 g/mol. The van der Waals surface area contributed by atoms with Crippen molar-refractivity contribution in [2.75, 3.05) is 5.73 Å². The van der Waals surface area contributed by atoms with Crippen LogP contribution >= 0.6 is 11.6 Å². The van der Waals surface area contributed by atoms with Gasteiger partial charge in [0.05, 0.1) is 16.9 Å². The highest BCUT2D eigenvalue weighted by Gasteiger charge is 2.16. The average Bonchev–Trinajstić information content (AvgIpc) is 2.63. The molecule has 0 aliphatic rings. The lowest BCUT2D eigenvalue weighted by atomic mass is 10.3. The van der Waals surface area contributed by atoms with Crippen molar-refractivity contribution in [3.05, 3.63) is 35.6 Å². The highest BCUT2D eigenvalue weighted by Crippen LogP contribution is 2.22. The van der Waals surface area contributed by atoms with Gasteiger partial charge in [-0.1, -0.05) is 11.6 Å². The summed E-state index contributed by atoms with van der Waals surface area (Å²) in [6.45, 7) is 0. The molecule has 1 aromatic heterocycles. The molecule has 0 aliphatic carbocycles. The zero-order valence-electron chi connectivity index (χ0n) is 8.54. The number of nitrogen functional groups attached to an aromatic ring is 1. The Labute approximate surface area is 103 Å². The molecule has 0 radical (unpaired) electrons. The van der Waals surface area contributed by atoms with Crippen molar-refractivity contribution in [1.82, 2.24) is 9.78 Å². The van der Waals surface area contributed by atoms with Gasteiger partial charge in [0.15, 0.2) is 0 Å². The molecule has 90 valence electrons. The number of anilines is 1. The first-order valence-electron chi connectivity index (χ1n) is 4.51. The van der Waals surface area contributed by atoms with E-state index in [0.29, 0.717) is 16.4 Å². The molecular formula is C9H9ClN4O2S. The topological polar surface area (TPSA) is 104 Å². The third kappa shape index (κ3) is 2.41. The normalized spacial score (nSPS) is 11.6. The minimum Gasteiger partial charge on any atom is -0.399 e. The zero-order chi connectivity index (χ0) is 12.6. The van der Waals surface area contributed by atoms with E-state index in [-0.39, 0.29) is 4.90 Å². The Bertz CT molecular complexity index is 665. The molecule has 0 saturated heterocycles. The van der Waals surface area contributed by atoms with Gasteiger partial charge in [-0.25, -0.2) is 18.2 Å². The van der Waals surface area contributed by atoms with E-state index in [2.05, 4.69) is 5.10 Å². The van der Waals surface area contributed by atoms with Crippen LogP contribution < -0.4 is 10.9 Å². The van der Waals surface area contributed by atoms with Crippen LogP contribution in [0, 0.1) is 0 Å². The van der Waals surface area contributed by atoms with Crippen LogP contribution in [0.2, 0.25) is 5.02 Å². The quantitative estimate of drug-likeness (QED) is 0.787. The van der Waals surface area contributed by atoms with Crippen LogP contribution in [0.1, 0.15) is 0 Å². The molecule has 2 rings (SSSR count). The summed E-state index contributed by atoms with van der Waals surface area (Å²) in [4.78, 5) is -0.0998. The maximum absolute atomic E-state index is 11.4. The lowest BCUT2D eigenvalue weighted by molar-refractivity contribution is 0.596. The molecule has 0 bridgehead atoms. The molecule has 0 spiro atoms. The van der Waals surface area contributed by atoms with E-state index >= 15 is 0 Å². The number of aromatic nitrogens is 2. The van der Waals surface area contributed by atoms with Gasteiger partial charge in [-0.05, 0) is 18.2 Å². The predicted octanol–water partition coefficient (Wildman–Crippen LogP) is 0.755. The van der Waals surface area contributed by atoms with Gasteiger partial charge in [-0.15, -0.1) is 0 Å². The molecular weight excluding hydrogens is 264 g/mol. The number of nitrogens with two attached hydrogens (primary N) is 2. The van der Waals surface area contributed by atoms with Gasteiger partial charge in [0, 0.05) is 11.9 Å². The van der Waals surface area contributed by atoms with Crippen LogP contribution in [-0.2, 0) is 10.0 Å². The summed E-state index contributed by atoms with van der Waals surface area (Å²) in [5, 5.41) is 9.42. The molecule has 8 heteroatoms. The third-order valence-corrected chi connectivity index (χ3v) is 3.22. The fraction of sp³-hybridized carbons (Fsp3) is 0. The molecule has 4 N–H and O–H groups in total. The molecule has 0 amide bonds. The van der Waals surface area contributed by atoms with Gasteiger partial charge in [-0.3, -0.25) is 0 Å². The van der Waals surface area contributed by atoms with Crippen LogP contribution in [-0.4, -0.2) is 18.2 Å². The Morgan fingerprint density at radius 1 is 1.35 bits per heavy atom. The Morgan fingerprint density at radius 2 is 2.06 bits per heavy atom. The van der Waals surface area contributed by atoms with Crippen LogP contribution in [0.3, 0.4) is 0 Å². The summed E-state index contributed by atoms with van der Waals surface area (Å²) < 4.78 is 24.2.